The number of hydrogen-bond acceptors (Lipinski definition) is 9. The summed E-state index contributed by atoms with van der Waals surface area (Å²) in [5.74, 6) is 1.65. The Morgan fingerprint density at radius 3 is 2.40 bits per heavy atom. The van der Waals surface area contributed by atoms with Gasteiger partial charge in [0.2, 0.25) is 5.88 Å². The van der Waals surface area contributed by atoms with E-state index in [-0.39, 0.29) is 12.0 Å². The number of benzene rings is 2. The van der Waals surface area contributed by atoms with Crippen LogP contribution in [0.5, 0.6) is 17.4 Å². The molecule has 5 rings (SSSR count). The Morgan fingerprint density at radius 2 is 1.70 bits per heavy atom. The topological polar surface area (TPSA) is 119 Å². The van der Waals surface area contributed by atoms with E-state index in [4.69, 9.17) is 25.8 Å². The fourth-order valence-corrected chi connectivity index (χ4v) is 4.74. The molecule has 2 aromatic carbocycles. The highest BCUT2D eigenvalue weighted by Crippen LogP contribution is 2.35. The van der Waals surface area contributed by atoms with Crippen LogP contribution in [0.25, 0.3) is 10.9 Å². The second-order valence-electron chi connectivity index (χ2n) is 11.0. The van der Waals surface area contributed by atoms with Gasteiger partial charge in [-0.2, -0.15) is 0 Å². The van der Waals surface area contributed by atoms with E-state index in [1.807, 2.05) is 45.0 Å². The van der Waals surface area contributed by atoms with Crippen LogP contribution in [0.15, 0.2) is 67.1 Å². The minimum absolute atomic E-state index is 0.178. The minimum Gasteiger partial charge on any atom is -0.480 e. The second-order valence-corrected chi connectivity index (χ2v) is 11.4. The van der Waals surface area contributed by atoms with Crippen molar-refractivity contribution in [1.82, 2.24) is 24.8 Å². The molecule has 224 valence electrons. The molecule has 2 aromatic heterocycles. The quantitative estimate of drug-likeness (QED) is 0.268. The summed E-state index contributed by atoms with van der Waals surface area (Å²) in [6, 6.07) is 16.1. The number of nitrogens with one attached hydrogen (secondary N) is 1. The van der Waals surface area contributed by atoms with E-state index in [0.717, 1.165) is 0 Å². The van der Waals surface area contributed by atoms with Crippen molar-refractivity contribution < 1.29 is 23.8 Å². The number of aromatic nitrogens is 3. The van der Waals surface area contributed by atoms with Crippen molar-refractivity contribution in [3.63, 3.8) is 0 Å². The molecule has 0 radical (unpaired) electrons. The number of carbonyl (C=O) groups excluding carboxylic acids is 2. The maximum absolute atomic E-state index is 13.3. The number of nitrogens with zero attached hydrogens (tertiary/aromatic N) is 5. The highest BCUT2D eigenvalue weighted by atomic mass is 35.5. The van der Waals surface area contributed by atoms with E-state index in [2.05, 4.69) is 20.3 Å². The molecule has 1 N–H and O–H groups in total. The van der Waals surface area contributed by atoms with Crippen LogP contribution >= 0.6 is 11.6 Å². The van der Waals surface area contributed by atoms with Crippen LogP contribution < -0.4 is 14.8 Å². The van der Waals surface area contributed by atoms with E-state index in [1.54, 1.807) is 53.3 Å². The predicted octanol–water partition coefficient (Wildman–Crippen LogP) is 6.06. The van der Waals surface area contributed by atoms with Crippen molar-refractivity contribution in [3.8, 4) is 17.4 Å². The molecular weight excluding hydrogens is 572 g/mol. The highest BCUT2D eigenvalue weighted by molar-refractivity contribution is 6.32. The molecule has 3 heterocycles. The molecule has 0 saturated carbocycles. The number of piperazine rings is 1. The van der Waals surface area contributed by atoms with E-state index in [0.29, 0.717) is 71.0 Å². The summed E-state index contributed by atoms with van der Waals surface area (Å²) in [7, 11) is 0. The number of pyridine rings is 1. The third kappa shape index (κ3) is 7.42. The average Bonchev–Trinajstić information content (AvgIpc) is 2.98. The Hall–Kier alpha value is -4.64. The molecule has 0 spiro atoms. The van der Waals surface area contributed by atoms with Crippen LogP contribution in [0.1, 0.15) is 27.7 Å². The summed E-state index contributed by atoms with van der Waals surface area (Å²) in [5.41, 5.74) is 0.730. The SMILES string of the molecule is C[C@@H](Oc1cccc2ncnc(Nc3ccc(Oc4ccccn4)c(Cl)c3)c12)C(=O)N1CCN(C(=O)OC(C)(C)C)CC1. The summed E-state index contributed by atoms with van der Waals surface area (Å²) in [5, 5.41) is 4.29. The molecule has 4 aromatic rings. The summed E-state index contributed by atoms with van der Waals surface area (Å²) >= 11 is 6.51. The maximum atomic E-state index is 13.3. The number of rotatable bonds is 7. The molecule has 1 fully saturated rings. The fraction of sp³-hybridized carbons (Fsp3) is 0.323. The molecule has 1 aliphatic rings. The number of amides is 2. The van der Waals surface area contributed by atoms with Gasteiger partial charge in [-0.15, -0.1) is 0 Å². The standard InChI is InChI=1S/C31H33ClN6O5/c1-20(29(39)37-14-16-38(17-15-37)30(40)43-31(2,3)4)41-25-9-7-8-23-27(25)28(35-19-34-23)36-21-11-12-24(22(32)18-21)42-26-10-5-6-13-33-26/h5-13,18-20H,14-17H2,1-4H3,(H,34,35,36)/t20-/m1/s1. The summed E-state index contributed by atoms with van der Waals surface area (Å²) in [6.45, 7) is 8.74. The molecule has 12 heteroatoms. The van der Waals surface area contributed by atoms with Crippen molar-refractivity contribution in [1.29, 1.82) is 0 Å². The Labute approximate surface area is 254 Å². The summed E-state index contributed by atoms with van der Waals surface area (Å²) in [6.07, 6.45) is 1.92. The first-order valence-corrected chi connectivity index (χ1v) is 14.3. The van der Waals surface area contributed by atoms with E-state index in [9.17, 15) is 9.59 Å². The van der Waals surface area contributed by atoms with Crippen LogP contribution in [-0.4, -0.2) is 74.6 Å². The van der Waals surface area contributed by atoms with Crippen LogP contribution in [0.4, 0.5) is 16.3 Å². The number of anilines is 2. The van der Waals surface area contributed by atoms with E-state index >= 15 is 0 Å². The third-order valence-corrected chi connectivity index (χ3v) is 6.86. The van der Waals surface area contributed by atoms with E-state index in [1.165, 1.54) is 6.33 Å². The van der Waals surface area contributed by atoms with E-state index < -0.39 is 11.7 Å². The first kappa shape index (κ1) is 29.8. The van der Waals surface area contributed by atoms with Crippen molar-refractivity contribution in [2.75, 3.05) is 31.5 Å². The van der Waals surface area contributed by atoms with Crippen molar-refractivity contribution in [2.45, 2.75) is 39.4 Å². The number of ether oxygens (including phenoxy) is 3. The smallest absolute Gasteiger partial charge is 0.410 e. The molecule has 43 heavy (non-hydrogen) atoms. The van der Waals surface area contributed by atoms with Gasteiger partial charge in [0, 0.05) is 44.1 Å². The van der Waals surface area contributed by atoms with Crippen molar-refractivity contribution >= 4 is 46.0 Å². The number of hydrogen-bond donors (Lipinski definition) is 1. The van der Waals surface area contributed by atoms with Gasteiger partial charge in [0.1, 0.15) is 29.2 Å². The van der Waals surface area contributed by atoms with Gasteiger partial charge in [-0.1, -0.05) is 23.7 Å². The van der Waals surface area contributed by atoms with Gasteiger partial charge in [0.05, 0.1) is 15.9 Å². The predicted molar refractivity (Wildman–Crippen MR) is 163 cm³/mol. The Kier molecular flexibility index (Phi) is 8.81. The Balaban J connectivity index is 1.28. The number of fused-ring (bicyclic) bond motifs is 1. The maximum Gasteiger partial charge on any atom is 0.410 e. The number of halogens is 1. The molecule has 11 nitrogen and oxygen atoms in total. The highest BCUT2D eigenvalue weighted by Gasteiger charge is 2.30. The van der Waals surface area contributed by atoms with Gasteiger partial charge >= 0.3 is 6.09 Å². The lowest BCUT2D eigenvalue weighted by Crippen LogP contribution is -2.54. The molecule has 0 unspecified atom stereocenters. The van der Waals surface area contributed by atoms with Gasteiger partial charge in [-0.3, -0.25) is 4.79 Å². The van der Waals surface area contributed by atoms with Gasteiger partial charge in [-0.25, -0.2) is 19.7 Å². The molecule has 1 atom stereocenters. The Morgan fingerprint density at radius 1 is 0.930 bits per heavy atom. The lowest BCUT2D eigenvalue weighted by molar-refractivity contribution is -0.139. The van der Waals surface area contributed by atoms with Gasteiger partial charge in [-0.05, 0) is 64.1 Å². The lowest BCUT2D eigenvalue weighted by Gasteiger charge is -2.36. The third-order valence-electron chi connectivity index (χ3n) is 6.57. The average molecular weight is 605 g/mol. The molecule has 0 aliphatic carbocycles. The molecule has 1 saturated heterocycles. The summed E-state index contributed by atoms with van der Waals surface area (Å²) in [4.78, 5) is 42.0. The van der Waals surface area contributed by atoms with Crippen molar-refractivity contribution in [2.24, 2.45) is 0 Å². The Bertz CT molecular complexity index is 1600. The van der Waals surface area contributed by atoms with Crippen LogP contribution in [0.3, 0.4) is 0 Å². The monoisotopic (exact) mass is 604 g/mol. The fourth-order valence-electron chi connectivity index (χ4n) is 4.52. The zero-order chi connectivity index (χ0) is 30.6. The molecule has 0 bridgehead atoms. The zero-order valence-electron chi connectivity index (χ0n) is 24.4. The van der Waals surface area contributed by atoms with Gasteiger partial charge < -0.3 is 29.3 Å². The molecular formula is C31H33ClN6O5. The van der Waals surface area contributed by atoms with Crippen LogP contribution in [0, 0.1) is 0 Å². The molecule has 1 aliphatic heterocycles. The van der Waals surface area contributed by atoms with Crippen LogP contribution in [0.2, 0.25) is 5.02 Å². The largest absolute Gasteiger partial charge is 0.480 e. The molecule has 2 amide bonds. The first-order chi connectivity index (χ1) is 20.6. The second kappa shape index (κ2) is 12.7. The van der Waals surface area contributed by atoms with Gasteiger partial charge in [0.25, 0.3) is 5.91 Å². The lowest BCUT2D eigenvalue weighted by atomic mass is 10.2. The van der Waals surface area contributed by atoms with Crippen molar-refractivity contribution in [3.05, 3.63) is 72.1 Å². The normalized spacial score (nSPS) is 14.3. The summed E-state index contributed by atoms with van der Waals surface area (Å²) < 4.78 is 17.4. The minimum atomic E-state index is -0.788. The van der Waals surface area contributed by atoms with Gasteiger partial charge in [0.15, 0.2) is 6.10 Å². The zero-order valence-corrected chi connectivity index (χ0v) is 25.2. The van der Waals surface area contributed by atoms with Crippen LogP contribution in [-0.2, 0) is 9.53 Å². The number of carbonyl (C=O) groups is 2. The first-order valence-electron chi connectivity index (χ1n) is 13.9.